The van der Waals surface area contributed by atoms with Crippen molar-refractivity contribution in [2.45, 2.75) is 13.3 Å². The molecule has 0 aliphatic carbocycles. The first-order valence-corrected chi connectivity index (χ1v) is 7.76. The first-order valence-electron chi connectivity index (χ1n) is 7.76. The highest BCUT2D eigenvalue weighted by Gasteiger charge is 2.14. The number of ether oxygens (including phenoxy) is 1. The Morgan fingerprint density at radius 1 is 0.957 bits per heavy atom. The molecule has 2 aromatic carbocycles. The molecule has 0 atom stereocenters. The number of hydrogen-bond acceptors (Lipinski definition) is 2. The number of carbonyl (C=O) groups excluding carboxylic acids is 1. The minimum Gasteiger partial charge on any atom is -0.466 e. The molecule has 0 radical (unpaired) electrons. The van der Waals surface area contributed by atoms with Gasteiger partial charge in [-0.15, -0.1) is 0 Å². The number of benzene rings is 2. The van der Waals surface area contributed by atoms with Crippen LogP contribution in [0, 0.1) is 0 Å². The Labute approximate surface area is 135 Å². The molecule has 0 bridgehead atoms. The van der Waals surface area contributed by atoms with E-state index in [1.165, 1.54) is 0 Å². The number of rotatable bonds is 5. The van der Waals surface area contributed by atoms with E-state index in [4.69, 9.17) is 4.74 Å². The Kier molecular flexibility index (Phi) is 4.57. The van der Waals surface area contributed by atoms with Crippen LogP contribution in [-0.2, 0) is 16.0 Å². The fourth-order valence-electron chi connectivity index (χ4n) is 2.65. The van der Waals surface area contributed by atoms with E-state index >= 15 is 0 Å². The molecule has 0 saturated carbocycles. The van der Waals surface area contributed by atoms with Crippen LogP contribution < -0.4 is 0 Å². The summed E-state index contributed by atoms with van der Waals surface area (Å²) >= 11 is 0. The average Bonchev–Trinajstić information content (AvgIpc) is 3.00. The third-order valence-electron chi connectivity index (χ3n) is 3.66. The maximum absolute atomic E-state index is 11.8. The lowest BCUT2D eigenvalue weighted by Gasteiger charge is -2.04. The molecule has 1 N–H and O–H groups in total. The Hall–Kier alpha value is -2.81. The highest BCUT2D eigenvalue weighted by Crippen LogP contribution is 2.32. The Balaban J connectivity index is 2.02. The molecule has 3 heteroatoms. The van der Waals surface area contributed by atoms with E-state index in [1.807, 2.05) is 49.4 Å². The second-order valence-corrected chi connectivity index (χ2v) is 5.30. The molecule has 0 amide bonds. The number of esters is 1. The minimum absolute atomic E-state index is 0.215. The summed E-state index contributed by atoms with van der Waals surface area (Å²) in [6.45, 7) is 2.22. The highest BCUT2D eigenvalue weighted by molar-refractivity contribution is 5.83. The zero-order chi connectivity index (χ0) is 16.1. The number of aromatic amines is 1. The van der Waals surface area contributed by atoms with Gasteiger partial charge in [-0.25, -0.2) is 0 Å². The maximum atomic E-state index is 11.8. The average molecular weight is 305 g/mol. The van der Waals surface area contributed by atoms with Crippen LogP contribution in [0.3, 0.4) is 0 Å². The van der Waals surface area contributed by atoms with Gasteiger partial charge in [0.15, 0.2) is 0 Å². The number of carbonyl (C=O) groups is 1. The fourth-order valence-corrected chi connectivity index (χ4v) is 2.65. The molecule has 3 nitrogen and oxygen atoms in total. The van der Waals surface area contributed by atoms with Crippen LogP contribution in [0.4, 0.5) is 0 Å². The van der Waals surface area contributed by atoms with Gasteiger partial charge in [-0.1, -0.05) is 60.7 Å². The molecule has 0 fully saturated rings. The summed E-state index contributed by atoms with van der Waals surface area (Å²) in [5.74, 6) is -0.215. The van der Waals surface area contributed by atoms with Crippen LogP contribution in [0.15, 0.2) is 66.7 Å². The minimum atomic E-state index is -0.215. The number of nitrogens with one attached hydrogen (secondary N) is 1. The summed E-state index contributed by atoms with van der Waals surface area (Å²) in [5.41, 5.74) is 5.20. The third kappa shape index (κ3) is 3.51. The van der Waals surface area contributed by atoms with Crippen molar-refractivity contribution in [2.75, 3.05) is 6.61 Å². The van der Waals surface area contributed by atoms with Crippen molar-refractivity contribution < 1.29 is 9.53 Å². The zero-order valence-electron chi connectivity index (χ0n) is 13.1. The van der Waals surface area contributed by atoms with E-state index in [0.29, 0.717) is 6.61 Å². The Morgan fingerprint density at radius 3 is 2.17 bits per heavy atom. The first-order chi connectivity index (χ1) is 11.3. The molecule has 0 unspecified atom stereocenters. The van der Waals surface area contributed by atoms with Gasteiger partial charge < -0.3 is 9.72 Å². The van der Waals surface area contributed by atoms with E-state index in [1.54, 1.807) is 0 Å². The Bertz CT molecular complexity index is 719. The second kappa shape index (κ2) is 6.97. The van der Waals surface area contributed by atoms with Crippen LogP contribution in [0.5, 0.6) is 0 Å². The fraction of sp³-hybridized carbons (Fsp3) is 0.150. The molecule has 3 rings (SSSR count). The standard InChI is InChI=1S/C20H19NO2/c1-2-23-19(22)14-17-13-18(15-9-5-3-6-10-15)20(21-17)16-11-7-4-8-12-16/h3-13,21H,2,14H2,1H3. The van der Waals surface area contributed by atoms with Crippen molar-refractivity contribution in [3.63, 3.8) is 0 Å². The van der Waals surface area contributed by atoms with E-state index in [2.05, 4.69) is 29.2 Å². The smallest absolute Gasteiger partial charge is 0.311 e. The highest BCUT2D eigenvalue weighted by atomic mass is 16.5. The third-order valence-corrected chi connectivity index (χ3v) is 3.66. The number of hydrogen-bond donors (Lipinski definition) is 1. The molecule has 116 valence electrons. The van der Waals surface area contributed by atoms with Gasteiger partial charge in [-0.3, -0.25) is 4.79 Å². The first kappa shape index (κ1) is 15.1. The molecule has 1 heterocycles. The lowest BCUT2D eigenvalue weighted by Crippen LogP contribution is -2.07. The summed E-state index contributed by atoms with van der Waals surface area (Å²) in [5, 5.41) is 0. The van der Waals surface area contributed by atoms with Gasteiger partial charge >= 0.3 is 5.97 Å². The molecule has 0 aliphatic heterocycles. The van der Waals surface area contributed by atoms with Crippen molar-refractivity contribution in [2.24, 2.45) is 0 Å². The molecule has 0 saturated heterocycles. The summed E-state index contributed by atoms with van der Waals surface area (Å²) in [6.07, 6.45) is 0.251. The number of aromatic nitrogens is 1. The van der Waals surface area contributed by atoms with E-state index in [9.17, 15) is 4.79 Å². The largest absolute Gasteiger partial charge is 0.466 e. The van der Waals surface area contributed by atoms with Crippen molar-refractivity contribution >= 4 is 5.97 Å². The maximum Gasteiger partial charge on any atom is 0.311 e. The summed E-state index contributed by atoms with van der Waals surface area (Å²) in [7, 11) is 0. The van der Waals surface area contributed by atoms with Crippen molar-refractivity contribution in [3.05, 3.63) is 72.4 Å². The zero-order valence-corrected chi connectivity index (χ0v) is 13.1. The monoisotopic (exact) mass is 305 g/mol. The normalized spacial score (nSPS) is 10.5. The molecule has 23 heavy (non-hydrogen) atoms. The quantitative estimate of drug-likeness (QED) is 0.707. The van der Waals surface area contributed by atoms with Gasteiger partial charge in [0.1, 0.15) is 0 Å². The Morgan fingerprint density at radius 2 is 1.57 bits per heavy atom. The molecular weight excluding hydrogens is 286 g/mol. The van der Waals surface area contributed by atoms with Crippen LogP contribution in [0.25, 0.3) is 22.4 Å². The molecule has 0 spiro atoms. The molecule has 0 aliphatic rings. The lowest BCUT2D eigenvalue weighted by atomic mass is 10.0. The predicted octanol–water partition coefficient (Wildman–Crippen LogP) is 4.45. The second-order valence-electron chi connectivity index (χ2n) is 5.30. The summed E-state index contributed by atoms with van der Waals surface area (Å²) in [6, 6.07) is 22.4. The number of H-pyrrole nitrogens is 1. The lowest BCUT2D eigenvalue weighted by molar-refractivity contribution is -0.142. The van der Waals surface area contributed by atoms with Gasteiger partial charge in [-0.2, -0.15) is 0 Å². The molecule has 3 aromatic rings. The topological polar surface area (TPSA) is 42.1 Å². The molecular formula is C20H19NO2. The van der Waals surface area contributed by atoms with E-state index in [0.717, 1.165) is 28.1 Å². The van der Waals surface area contributed by atoms with Crippen LogP contribution in [0.2, 0.25) is 0 Å². The predicted molar refractivity (Wildman–Crippen MR) is 92.0 cm³/mol. The van der Waals surface area contributed by atoms with Gasteiger partial charge in [0.05, 0.1) is 18.7 Å². The van der Waals surface area contributed by atoms with Crippen molar-refractivity contribution in [1.82, 2.24) is 4.98 Å². The SMILES string of the molecule is CCOC(=O)Cc1cc(-c2ccccc2)c(-c2ccccc2)[nH]1. The van der Waals surface area contributed by atoms with Crippen LogP contribution >= 0.6 is 0 Å². The van der Waals surface area contributed by atoms with Gasteiger partial charge in [0.25, 0.3) is 0 Å². The summed E-state index contributed by atoms with van der Waals surface area (Å²) in [4.78, 5) is 15.1. The van der Waals surface area contributed by atoms with Gasteiger partial charge in [0, 0.05) is 11.3 Å². The van der Waals surface area contributed by atoms with Crippen LogP contribution in [0.1, 0.15) is 12.6 Å². The van der Waals surface area contributed by atoms with E-state index < -0.39 is 0 Å². The van der Waals surface area contributed by atoms with E-state index in [-0.39, 0.29) is 12.4 Å². The van der Waals surface area contributed by atoms with Crippen molar-refractivity contribution in [3.8, 4) is 22.4 Å². The van der Waals surface area contributed by atoms with Gasteiger partial charge in [0.2, 0.25) is 0 Å². The van der Waals surface area contributed by atoms with Gasteiger partial charge in [-0.05, 0) is 24.1 Å². The summed E-state index contributed by atoms with van der Waals surface area (Å²) < 4.78 is 5.05. The van der Waals surface area contributed by atoms with Crippen LogP contribution in [-0.4, -0.2) is 17.6 Å². The molecule has 1 aromatic heterocycles. The van der Waals surface area contributed by atoms with Crippen molar-refractivity contribution in [1.29, 1.82) is 0 Å².